The van der Waals surface area contributed by atoms with Crippen LogP contribution < -0.4 is 4.74 Å². The lowest BCUT2D eigenvalue weighted by Crippen LogP contribution is -2.27. The lowest BCUT2D eigenvalue weighted by molar-refractivity contribution is 0.167. The van der Waals surface area contributed by atoms with Crippen LogP contribution in [0.1, 0.15) is 12.0 Å². The topological polar surface area (TPSA) is 32.7 Å². The third-order valence-electron chi connectivity index (χ3n) is 3.01. The molecule has 1 saturated heterocycles. The SMILES string of the molecule is Cc1ccccc1OCCN1CCC(O)C1. The van der Waals surface area contributed by atoms with Crippen LogP contribution in [-0.4, -0.2) is 42.4 Å². The third kappa shape index (κ3) is 2.97. The van der Waals surface area contributed by atoms with Gasteiger partial charge in [-0.25, -0.2) is 0 Å². The van der Waals surface area contributed by atoms with Crippen LogP contribution in [-0.2, 0) is 0 Å². The number of hydrogen-bond donors (Lipinski definition) is 1. The van der Waals surface area contributed by atoms with Crippen LogP contribution in [0.2, 0.25) is 0 Å². The fourth-order valence-electron chi connectivity index (χ4n) is 2.02. The van der Waals surface area contributed by atoms with Gasteiger partial charge in [-0.05, 0) is 25.0 Å². The zero-order valence-corrected chi connectivity index (χ0v) is 9.72. The highest BCUT2D eigenvalue weighted by Crippen LogP contribution is 2.16. The van der Waals surface area contributed by atoms with Gasteiger partial charge in [-0.2, -0.15) is 0 Å². The number of hydrogen-bond acceptors (Lipinski definition) is 3. The minimum Gasteiger partial charge on any atom is -0.492 e. The smallest absolute Gasteiger partial charge is 0.122 e. The van der Waals surface area contributed by atoms with Gasteiger partial charge >= 0.3 is 0 Å². The number of para-hydroxylation sites is 1. The molecule has 1 unspecified atom stereocenters. The zero-order valence-electron chi connectivity index (χ0n) is 9.72. The molecule has 1 N–H and O–H groups in total. The summed E-state index contributed by atoms with van der Waals surface area (Å²) in [6.45, 7) is 5.41. The van der Waals surface area contributed by atoms with Crippen molar-refractivity contribution >= 4 is 0 Å². The molecule has 0 aromatic heterocycles. The van der Waals surface area contributed by atoms with E-state index in [0.29, 0.717) is 6.61 Å². The molecule has 3 nitrogen and oxygen atoms in total. The van der Waals surface area contributed by atoms with Gasteiger partial charge in [-0.3, -0.25) is 4.90 Å². The molecule has 0 saturated carbocycles. The molecule has 0 aliphatic carbocycles. The number of benzene rings is 1. The van der Waals surface area contributed by atoms with Crippen LogP contribution in [0.15, 0.2) is 24.3 Å². The molecule has 0 amide bonds. The Kier molecular flexibility index (Phi) is 3.80. The normalized spacial score (nSPS) is 21.2. The Bertz CT molecular complexity index is 340. The van der Waals surface area contributed by atoms with Crippen LogP contribution in [0.25, 0.3) is 0 Å². The summed E-state index contributed by atoms with van der Waals surface area (Å²) >= 11 is 0. The van der Waals surface area contributed by atoms with Crippen molar-refractivity contribution in [1.29, 1.82) is 0 Å². The molecule has 1 aromatic carbocycles. The lowest BCUT2D eigenvalue weighted by Gasteiger charge is -2.15. The van der Waals surface area contributed by atoms with Crippen LogP contribution >= 0.6 is 0 Å². The van der Waals surface area contributed by atoms with Crippen LogP contribution in [0.5, 0.6) is 5.75 Å². The first kappa shape index (κ1) is 11.4. The number of rotatable bonds is 4. The van der Waals surface area contributed by atoms with E-state index < -0.39 is 0 Å². The third-order valence-corrected chi connectivity index (χ3v) is 3.01. The van der Waals surface area contributed by atoms with Crippen LogP contribution in [0.3, 0.4) is 0 Å². The van der Waals surface area contributed by atoms with E-state index in [-0.39, 0.29) is 6.10 Å². The lowest BCUT2D eigenvalue weighted by atomic mass is 10.2. The summed E-state index contributed by atoms with van der Waals surface area (Å²) < 4.78 is 5.71. The van der Waals surface area contributed by atoms with Crippen LogP contribution in [0, 0.1) is 6.92 Å². The number of likely N-dealkylation sites (tertiary alicyclic amines) is 1. The Labute approximate surface area is 96.6 Å². The maximum absolute atomic E-state index is 9.38. The molecule has 2 rings (SSSR count). The Morgan fingerprint density at radius 3 is 2.94 bits per heavy atom. The summed E-state index contributed by atoms with van der Waals surface area (Å²) in [6.07, 6.45) is 0.753. The molecule has 88 valence electrons. The first-order valence-corrected chi connectivity index (χ1v) is 5.84. The first-order valence-electron chi connectivity index (χ1n) is 5.84. The zero-order chi connectivity index (χ0) is 11.4. The second kappa shape index (κ2) is 5.32. The second-order valence-corrected chi connectivity index (χ2v) is 4.36. The van der Waals surface area contributed by atoms with Gasteiger partial charge in [0.1, 0.15) is 12.4 Å². The van der Waals surface area contributed by atoms with Gasteiger partial charge in [0.05, 0.1) is 6.10 Å². The Hall–Kier alpha value is -1.06. The molecule has 3 heteroatoms. The van der Waals surface area contributed by atoms with Crippen molar-refractivity contribution in [2.24, 2.45) is 0 Å². The fourth-order valence-corrected chi connectivity index (χ4v) is 2.02. The molecule has 1 fully saturated rings. The van der Waals surface area contributed by atoms with Crippen molar-refractivity contribution in [3.63, 3.8) is 0 Å². The van der Waals surface area contributed by atoms with Gasteiger partial charge in [0, 0.05) is 19.6 Å². The maximum Gasteiger partial charge on any atom is 0.122 e. The summed E-state index contributed by atoms with van der Waals surface area (Å²) in [5, 5.41) is 9.38. The number of β-amino-alcohol motifs (C(OH)–C–C–N with tert-alkyl or cyclic N) is 1. The van der Waals surface area contributed by atoms with E-state index in [1.165, 1.54) is 5.56 Å². The average Bonchev–Trinajstić information content (AvgIpc) is 2.67. The molecular weight excluding hydrogens is 202 g/mol. The molecule has 16 heavy (non-hydrogen) atoms. The van der Waals surface area contributed by atoms with Gasteiger partial charge in [0.25, 0.3) is 0 Å². The molecule has 1 aliphatic rings. The predicted molar refractivity (Wildman–Crippen MR) is 63.7 cm³/mol. The molecule has 0 spiro atoms. The standard InChI is InChI=1S/C13H19NO2/c1-11-4-2-3-5-13(11)16-9-8-14-7-6-12(15)10-14/h2-5,12,15H,6-10H2,1H3. The molecule has 1 aromatic rings. The monoisotopic (exact) mass is 221 g/mol. The number of aliphatic hydroxyl groups excluding tert-OH is 1. The fraction of sp³-hybridized carbons (Fsp3) is 0.538. The van der Waals surface area contributed by atoms with E-state index in [9.17, 15) is 5.11 Å². The van der Waals surface area contributed by atoms with Gasteiger partial charge in [0.15, 0.2) is 0 Å². The number of ether oxygens (including phenoxy) is 1. The highest BCUT2D eigenvalue weighted by Gasteiger charge is 2.19. The van der Waals surface area contributed by atoms with Crippen molar-refractivity contribution in [3.05, 3.63) is 29.8 Å². The summed E-state index contributed by atoms with van der Waals surface area (Å²) in [5.41, 5.74) is 1.17. The molecule has 1 heterocycles. The van der Waals surface area contributed by atoms with Gasteiger partial charge in [0.2, 0.25) is 0 Å². The minimum atomic E-state index is -0.140. The van der Waals surface area contributed by atoms with Crippen LogP contribution in [0.4, 0.5) is 0 Å². The summed E-state index contributed by atoms with van der Waals surface area (Å²) in [6, 6.07) is 8.05. The summed E-state index contributed by atoms with van der Waals surface area (Å²) in [4.78, 5) is 2.24. The van der Waals surface area contributed by atoms with E-state index in [2.05, 4.69) is 17.9 Å². The van der Waals surface area contributed by atoms with E-state index in [1.807, 2.05) is 18.2 Å². The maximum atomic E-state index is 9.38. The van der Waals surface area contributed by atoms with E-state index in [0.717, 1.165) is 31.8 Å². The largest absolute Gasteiger partial charge is 0.492 e. The number of aryl methyl sites for hydroxylation is 1. The predicted octanol–water partition coefficient (Wildman–Crippen LogP) is 1.44. The molecule has 0 bridgehead atoms. The molecule has 1 atom stereocenters. The van der Waals surface area contributed by atoms with E-state index >= 15 is 0 Å². The van der Waals surface area contributed by atoms with Crippen molar-refractivity contribution in [1.82, 2.24) is 4.90 Å². The Morgan fingerprint density at radius 1 is 1.44 bits per heavy atom. The quantitative estimate of drug-likeness (QED) is 0.835. The van der Waals surface area contributed by atoms with Crippen molar-refractivity contribution in [2.75, 3.05) is 26.2 Å². The van der Waals surface area contributed by atoms with Gasteiger partial charge < -0.3 is 9.84 Å². The number of aliphatic hydroxyl groups is 1. The summed E-state index contributed by atoms with van der Waals surface area (Å²) in [7, 11) is 0. The highest BCUT2D eigenvalue weighted by molar-refractivity contribution is 5.31. The van der Waals surface area contributed by atoms with Gasteiger partial charge in [-0.1, -0.05) is 18.2 Å². The minimum absolute atomic E-state index is 0.140. The second-order valence-electron chi connectivity index (χ2n) is 4.36. The average molecular weight is 221 g/mol. The van der Waals surface area contributed by atoms with E-state index in [1.54, 1.807) is 0 Å². The Balaban J connectivity index is 1.74. The highest BCUT2D eigenvalue weighted by atomic mass is 16.5. The first-order chi connectivity index (χ1) is 7.75. The number of nitrogens with zero attached hydrogens (tertiary/aromatic N) is 1. The van der Waals surface area contributed by atoms with Crippen molar-refractivity contribution < 1.29 is 9.84 Å². The molecule has 1 aliphatic heterocycles. The van der Waals surface area contributed by atoms with Crippen molar-refractivity contribution in [2.45, 2.75) is 19.4 Å². The summed E-state index contributed by atoms with van der Waals surface area (Å²) in [5.74, 6) is 0.960. The van der Waals surface area contributed by atoms with Gasteiger partial charge in [-0.15, -0.1) is 0 Å². The molecular formula is C13H19NO2. The Morgan fingerprint density at radius 2 is 2.25 bits per heavy atom. The molecule has 0 radical (unpaired) electrons. The van der Waals surface area contributed by atoms with Crippen molar-refractivity contribution in [3.8, 4) is 5.75 Å². The van der Waals surface area contributed by atoms with E-state index in [4.69, 9.17) is 4.74 Å².